The highest BCUT2D eigenvalue weighted by Crippen LogP contribution is 2.35. The summed E-state index contributed by atoms with van der Waals surface area (Å²) in [5, 5.41) is 0. The maximum absolute atomic E-state index is 12.8. The van der Waals surface area contributed by atoms with Gasteiger partial charge in [-0.2, -0.15) is 0 Å². The van der Waals surface area contributed by atoms with Crippen molar-refractivity contribution in [2.75, 3.05) is 33.9 Å². The molecular formula is C26H31NO5. The highest BCUT2D eigenvalue weighted by atomic mass is 16.6. The van der Waals surface area contributed by atoms with E-state index < -0.39 is 17.7 Å². The van der Waals surface area contributed by atoms with Crippen LogP contribution < -0.4 is 0 Å². The summed E-state index contributed by atoms with van der Waals surface area (Å²) in [5.41, 5.74) is 3.70. The number of carbonyl (C=O) groups is 2. The van der Waals surface area contributed by atoms with Gasteiger partial charge in [-0.15, -0.1) is 0 Å². The van der Waals surface area contributed by atoms with Crippen molar-refractivity contribution in [1.29, 1.82) is 0 Å². The number of ether oxygens (including phenoxy) is 3. The van der Waals surface area contributed by atoms with Crippen LogP contribution in [0.2, 0.25) is 0 Å². The van der Waals surface area contributed by atoms with Gasteiger partial charge in [0.25, 0.3) is 0 Å². The molecular weight excluding hydrogens is 406 g/mol. The van der Waals surface area contributed by atoms with Gasteiger partial charge >= 0.3 is 12.1 Å². The van der Waals surface area contributed by atoms with Crippen LogP contribution in [0.15, 0.2) is 60.2 Å². The summed E-state index contributed by atoms with van der Waals surface area (Å²) < 4.78 is 16.1. The molecule has 0 bridgehead atoms. The largest absolute Gasteiger partial charge is 0.466 e. The SMILES string of the molecule is COCC1CN(C(=O)OC(C)(C)C)CC(C(=O)OC)=C1c1cccc(-c2ccccc2)c1. The predicted molar refractivity (Wildman–Crippen MR) is 124 cm³/mol. The van der Waals surface area contributed by atoms with Crippen LogP contribution in [0.1, 0.15) is 26.3 Å². The van der Waals surface area contributed by atoms with E-state index in [0.717, 1.165) is 22.3 Å². The molecule has 6 heteroatoms. The van der Waals surface area contributed by atoms with E-state index in [-0.39, 0.29) is 12.5 Å². The zero-order valence-electron chi connectivity index (χ0n) is 19.4. The molecule has 0 spiro atoms. The van der Waals surface area contributed by atoms with Gasteiger partial charge in [0.1, 0.15) is 5.60 Å². The number of esters is 1. The van der Waals surface area contributed by atoms with Crippen molar-refractivity contribution in [3.05, 3.63) is 65.7 Å². The standard InChI is InChI=1S/C26H31NO5/c1-26(2,3)32-25(29)27-15-21(17-30-4)23(22(16-27)24(28)31-5)20-13-9-12-19(14-20)18-10-7-6-8-11-18/h6-14,21H,15-17H2,1-5H3. The Bertz CT molecular complexity index is 991. The summed E-state index contributed by atoms with van der Waals surface area (Å²) in [6.45, 7) is 6.31. The number of benzene rings is 2. The number of amides is 1. The second-order valence-electron chi connectivity index (χ2n) is 8.84. The second-order valence-corrected chi connectivity index (χ2v) is 8.84. The highest BCUT2D eigenvalue weighted by Gasteiger charge is 2.36. The summed E-state index contributed by atoms with van der Waals surface area (Å²) >= 11 is 0. The van der Waals surface area contributed by atoms with Crippen LogP contribution in [0.25, 0.3) is 16.7 Å². The van der Waals surface area contributed by atoms with E-state index in [4.69, 9.17) is 14.2 Å². The number of nitrogens with zero attached hydrogens (tertiary/aromatic N) is 1. The van der Waals surface area contributed by atoms with Crippen molar-refractivity contribution >= 4 is 17.6 Å². The van der Waals surface area contributed by atoms with Crippen molar-refractivity contribution in [3.8, 4) is 11.1 Å². The molecule has 1 aliphatic rings. The minimum atomic E-state index is -0.632. The fraction of sp³-hybridized carbons (Fsp3) is 0.385. The van der Waals surface area contributed by atoms with E-state index in [0.29, 0.717) is 18.7 Å². The molecule has 0 radical (unpaired) electrons. The van der Waals surface area contributed by atoms with E-state index in [9.17, 15) is 9.59 Å². The average molecular weight is 438 g/mol. The Morgan fingerprint density at radius 2 is 1.62 bits per heavy atom. The molecule has 1 amide bonds. The molecule has 0 saturated carbocycles. The van der Waals surface area contributed by atoms with Crippen LogP contribution >= 0.6 is 0 Å². The van der Waals surface area contributed by atoms with Gasteiger partial charge in [0.2, 0.25) is 0 Å². The monoisotopic (exact) mass is 437 g/mol. The van der Waals surface area contributed by atoms with Crippen LogP contribution in [0, 0.1) is 5.92 Å². The third-order valence-corrected chi connectivity index (χ3v) is 5.26. The van der Waals surface area contributed by atoms with Crippen LogP contribution in [0.3, 0.4) is 0 Å². The molecule has 170 valence electrons. The van der Waals surface area contributed by atoms with Crippen molar-refractivity contribution in [3.63, 3.8) is 0 Å². The van der Waals surface area contributed by atoms with E-state index in [1.54, 1.807) is 12.0 Å². The number of carbonyl (C=O) groups excluding carboxylic acids is 2. The van der Waals surface area contributed by atoms with E-state index in [2.05, 4.69) is 6.07 Å². The lowest BCUT2D eigenvalue weighted by atomic mass is 9.84. The molecule has 3 rings (SSSR count). The van der Waals surface area contributed by atoms with E-state index in [1.807, 2.05) is 69.3 Å². The first-order valence-corrected chi connectivity index (χ1v) is 10.7. The van der Waals surface area contributed by atoms with Crippen molar-refractivity contribution < 1.29 is 23.8 Å². The van der Waals surface area contributed by atoms with Crippen molar-refractivity contribution in [1.82, 2.24) is 4.90 Å². The molecule has 2 aromatic carbocycles. The van der Waals surface area contributed by atoms with Crippen LogP contribution in [-0.4, -0.2) is 56.5 Å². The van der Waals surface area contributed by atoms with Gasteiger partial charge in [0.15, 0.2) is 0 Å². The summed E-state index contributed by atoms with van der Waals surface area (Å²) in [7, 11) is 2.97. The average Bonchev–Trinajstić information content (AvgIpc) is 2.77. The molecule has 0 saturated heterocycles. The van der Waals surface area contributed by atoms with Crippen LogP contribution in [-0.2, 0) is 19.0 Å². The number of rotatable bonds is 5. The Morgan fingerprint density at radius 1 is 0.969 bits per heavy atom. The minimum Gasteiger partial charge on any atom is -0.466 e. The van der Waals surface area contributed by atoms with Gasteiger partial charge in [-0.3, -0.25) is 0 Å². The summed E-state index contributed by atoms with van der Waals surface area (Å²) in [6, 6.07) is 18.1. The fourth-order valence-corrected chi connectivity index (χ4v) is 3.95. The molecule has 1 aliphatic heterocycles. The Morgan fingerprint density at radius 3 is 2.25 bits per heavy atom. The zero-order chi connectivity index (χ0) is 23.3. The van der Waals surface area contributed by atoms with Crippen LogP contribution in [0.5, 0.6) is 0 Å². The Labute approximate surface area is 189 Å². The highest BCUT2D eigenvalue weighted by molar-refractivity contribution is 6.00. The Balaban J connectivity index is 2.07. The number of methoxy groups -OCH3 is 2. The summed E-state index contributed by atoms with van der Waals surface area (Å²) in [6.07, 6.45) is -0.461. The molecule has 1 heterocycles. The van der Waals surface area contributed by atoms with Gasteiger partial charge in [0, 0.05) is 19.6 Å². The molecule has 32 heavy (non-hydrogen) atoms. The maximum Gasteiger partial charge on any atom is 0.410 e. The van der Waals surface area contributed by atoms with Crippen LogP contribution in [0.4, 0.5) is 4.79 Å². The van der Waals surface area contributed by atoms with Crippen molar-refractivity contribution in [2.24, 2.45) is 5.92 Å². The maximum atomic E-state index is 12.8. The second kappa shape index (κ2) is 10.0. The summed E-state index contributed by atoms with van der Waals surface area (Å²) in [4.78, 5) is 27.1. The lowest BCUT2D eigenvalue weighted by molar-refractivity contribution is -0.136. The van der Waals surface area contributed by atoms with Gasteiger partial charge in [-0.1, -0.05) is 48.5 Å². The van der Waals surface area contributed by atoms with Gasteiger partial charge in [-0.25, -0.2) is 9.59 Å². The lowest BCUT2D eigenvalue weighted by Gasteiger charge is -2.36. The molecule has 0 aromatic heterocycles. The van der Waals surface area contributed by atoms with Gasteiger partial charge < -0.3 is 19.1 Å². The lowest BCUT2D eigenvalue weighted by Crippen LogP contribution is -2.46. The topological polar surface area (TPSA) is 65.1 Å². The fourth-order valence-electron chi connectivity index (χ4n) is 3.95. The van der Waals surface area contributed by atoms with E-state index in [1.165, 1.54) is 7.11 Å². The molecule has 1 unspecified atom stereocenters. The quantitative estimate of drug-likeness (QED) is 0.629. The third-order valence-electron chi connectivity index (χ3n) is 5.26. The third kappa shape index (κ3) is 5.56. The minimum absolute atomic E-state index is 0.118. The number of hydrogen-bond donors (Lipinski definition) is 0. The molecule has 6 nitrogen and oxygen atoms in total. The first kappa shape index (κ1) is 23.5. The van der Waals surface area contributed by atoms with E-state index >= 15 is 0 Å². The van der Waals surface area contributed by atoms with Crippen molar-refractivity contribution in [2.45, 2.75) is 26.4 Å². The smallest absolute Gasteiger partial charge is 0.410 e. The van der Waals surface area contributed by atoms with Gasteiger partial charge in [-0.05, 0) is 49.1 Å². The zero-order valence-corrected chi connectivity index (χ0v) is 19.4. The molecule has 0 N–H and O–H groups in total. The molecule has 0 aliphatic carbocycles. The Hall–Kier alpha value is -3.12. The first-order chi connectivity index (χ1) is 15.2. The summed E-state index contributed by atoms with van der Waals surface area (Å²) in [5.74, 6) is -0.666. The molecule has 2 aromatic rings. The Kier molecular flexibility index (Phi) is 7.36. The van der Waals surface area contributed by atoms with Gasteiger partial charge in [0.05, 0.1) is 25.8 Å². The molecule has 1 atom stereocenters. The normalized spacial score (nSPS) is 16.7. The predicted octanol–water partition coefficient (Wildman–Crippen LogP) is 4.79. The first-order valence-electron chi connectivity index (χ1n) is 10.7. The number of hydrogen-bond acceptors (Lipinski definition) is 5. The molecule has 0 fully saturated rings.